The second-order valence-electron chi connectivity index (χ2n) is 8.85. The van der Waals surface area contributed by atoms with Gasteiger partial charge in [0.15, 0.2) is 18.1 Å². The molecule has 0 atom stereocenters. The van der Waals surface area contributed by atoms with Crippen LogP contribution in [0.5, 0.6) is 17.2 Å². The lowest BCUT2D eigenvalue weighted by atomic mass is 10.0. The Morgan fingerprint density at radius 3 is 2.60 bits per heavy atom. The number of hydrogen-bond acceptors (Lipinski definition) is 6. The third-order valence-corrected chi connectivity index (χ3v) is 6.49. The van der Waals surface area contributed by atoms with Crippen molar-refractivity contribution in [1.82, 2.24) is 10.2 Å². The molecule has 2 aliphatic rings. The first kappa shape index (κ1) is 24.8. The van der Waals surface area contributed by atoms with Gasteiger partial charge in [-0.2, -0.15) is 0 Å². The number of methoxy groups -OCH3 is 2. The standard InChI is InChI=1S/C26H32FN3O5/c1-33-23-6-4-18(14-24(23)34-2)15-25(31)28-20-8-12-29(13-9-20)10-3-11-30-21-16-19(27)5-7-22(21)35-17-26(30)32/h4-7,14,16,20H,3,8-13,15,17H2,1-2H3,(H,28,31). The Hall–Kier alpha value is -3.33. The van der Waals surface area contributed by atoms with Crippen LogP contribution < -0.4 is 24.4 Å². The van der Waals surface area contributed by atoms with Gasteiger partial charge in [0.2, 0.25) is 5.91 Å². The monoisotopic (exact) mass is 485 g/mol. The first-order chi connectivity index (χ1) is 17.0. The molecule has 0 saturated carbocycles. The molecule has 188 valence electrons. The Morgan fingerprint density at radius 1 is 1.09 bits per heavy atom. The highest BCUT2D eigenvalue weighted by atomic mass is 19.1. The summed E-state index contributed by atoms with van der Waals surface area (Å²) in [4.78, 5) is 28.8. The van der Waals surface area contributed by atoms with Crippen LogP contribution in [0.25, 0.3) is 0 Å². The van der Waals surface area contributed by atoms with Crippen molar-refractivity contribution in [2.24, 2.45) is 0 Å². The van der Waals surface area contributed by atoms with Gasteiger partial charge in [0, 0.05) is 31.7 Å². The van der Waals surface area contributed by atoms with E-state index in [4.69, 9.17) is 14.2 Å². The zero-order valence-electron chi connectivity index (χ0n) is 20.2. The molecular weight excluding hydrogens is 453 g/mol. The van der Waals surface area contributed by atoms with E-state index in [1.165, 1.54) is 12.1 Å². The molecule has 1 fully saturated rings. The summed E-state index contributed by atoms with van der Waals surface area (Å²) in [6.07, 6.45) is 2.82. The molecule has 2 aliphatic heterocycles. The highest BCUT2D eigenvalue weighted by Crippen LogP contribution is 2.32. The molecule has 2 aromatic carbocycles. The number of carbonyl (C=O) groups excluding carboxylic acids is 2. The molecule has 8 nitrogen and oxygen atoms in total. The minimum absolute atomic E-state index is 0.00704. The summed E-state index contributed by atoms with van der Waals surface area (Å²) in [5.74, 6) is 1.24. The van der Waals surface area contributed by atoms with Gasteiger partial charge in [0.05, 0.1) is 26.3 Å². The molecule has 2 amide bonds. The van der Waals surface area contributed by atoms with Crippen molar-refractivity contribution in [2.75, 3.05) is 51.9 Å². The SMILES string of the molecule is COc1ccc(CC(=O)NC2CCN(CCCN3C(=O)COc4ccc(F)cc43)CC2)cc1OC. The number of likely N-dealkylation sites (tertiary alicyclic amines) is 1. The van der Waals surface area contributed by atoms with E-state index in [0.717, 1.165) is 44.5 Å². The molecule has 1 saturated heterocycles. The predicted octanol–water partition coefficient (Wildman–Crippen LogP) is 2.78. The summed E-state index contributed by atoms with van der Waals surface area (Å²) >= 11 is 0. The van der Waals surface area contributed by atoms with E-state index in [0.29, 0.717) is 29.5 Å². The number of rotatable bonds is 9. The topological polar surface area (TPSA) is 80.3 Å². The number of amides is 2. The lowest BCUT2D eigenvalue weighted by Gasteiger charge is -2.33. The fourth-order valence-electron chi connectivity index (χ4n) is 4.63. The molecule has 0 aliphatic carbocycles. The Kier molecular flexibility index (Phi) is 8.07. The van der Waals surface area contributed by atoms with E-state index in [2.05, 4.69) is 10.2 Å². The average molecular weight is 486 g/mol. The van der Waals surface area contributed by atoms with E-state index >= 15 is 0 Å². The van der Waals surface area contributed by atoms with Crippen molar-refractivity contribution in [1.29, 1.82) is 0 Å². The van der Waals surface area contributed by atoms with Gasteiger partial charge in [-0.25, -0.2) is 4.39 Å². The van der Waals surface area contributed by atoms with Gasteiger partial charge in [-0.3, -0.25) is 9.59 Å². The number of fused-ring (bicyclic) bond motifs is 1. The molecular formula is C26H32FN3O5. The number of nitrogens with zero attached hydrogens (tertiary/aromatic N) is 2. The van der Waals surface area contributed by atoms with Crippen molar-refractivity contribution < 1.29 is 28.2 Å². The van der Waals surface area contributed by atoms with Crippen molar-refractivity contribution >= 4 is 17.5 Å². The minimum atomic E-state index is -0.387. The molecule has 2 heterocycles. The van der Waals surface area contributed by atoms with Crippen LogP contribution in [-0.2, 0) is 16.0 Å². The van der Waals surface area contributed by atoms with E-state index in [9.17, 15) is 14.0 Å². The molecule has 2 aromatic rings. The van der Waals surface area contributed by atoms with Gasteiger partial charge in [-0.1, -0.05) is 6.07 Å². The van der Waals surface area contributed by atoms with E-state index in [-0.39, 0.29) is 36.7 Å². The van der Waals surface area contributed by atoms with E-state index < -0.39 is 0 Å². The van der Waals surface area contributed by atoms with Crippen LogP contribution in [0.1, 0.15) is 24.8 Å². The van der Waals surface area contributed by atoms with Gasteiger partial charge in [0.25, 0.3) is 5.91 Å². The number of ether oxygens (including phenoxy) is 3. The molecule has 0 spiro atoms. The second-order valence-corrected chi connectivity index (χ2v) is 8.85. The molecule has 1 N–H and O–H groups in total. The summed E-state index contributed by atoms with van der Waals surface area (Å²) < 4.78 is 29.6. The largest absolute Gasteiger partial charge is 0.493 e. The number of halogens is 1. The third kappa shape index (κ3) is 6.22. The Labute approximate surface area is 204 Å². The van der Waals surface area contributed by atoms with Crippen molar-refractivity contribution in [3.8, 4) is 17.2 Å². The van der Waals surface area contributed by atoms with Crippen molar-refractivity contribution in [2.45, 2.75) is 31.7 Å². The molecule has 0 aromatic heterocycles. The molecule has 0 radical (unpaired) electrons. The molecule has 9 heteroatoms. The molecule has 4 rings (SSSR count). The van der Waals surface area contributed by atoms with Gasteiger partial charge >= 0.3 is 0 Å². The van der Waals surface area contributed by atoms with Crippen LogP contribution in [-0.4, -0.2) is 69.8 Å². The van der Waals surface area contributed by atoms with Crippen LogP contribution in [0.3, 0.4) is 0 Å². The Bertz CT molecular complexity index is 1060. The summed E-state index contributed by atoms with van der Waals surface area (Å²) in [6, 6.07) is 9.90. The molecule has 35 heavy (non-hydrogen) atoms. The summed E-state index contributed by atoms with van der Waals surface area (Å²) in [5, 5.41) is 3.14. The maximum Gasteiger partial charge on any atom is 0.265 e. The van der Waals surface area contributed by atoms with Crippen LogP contribution >= 0.6 is 0 Å². The number of nitrogens with one attached hydrogen (secondary N) is 1. The number of hydrogen-bond donors (Lipinski definition) is 1. The average Bonchev–Trinajstić information content (AvgIpc) is 2.86. The van der Waals surface area contributed by atoms with Crippen LogP contribution in [0.2, 0.25) is 0 Å². The number of anilines is 1. The lowest BCUT2D eigenvalue weighted by molar-refractivity contribution is -0.122. The highest BCUT2D eigenvalue weighted by Gasteiger charge is 2.26. The summed E-state index contributed by atoms with van der Waals surface area (Å²) in [7, 11) is 3.16. The normalized spacial score (nSPS) is 16.4. The zero-order valence-corrected chi connectivity index (χ0v) is 20.2. The lowest BCUT2D eigenvalue weighted by Crippen LogP contribution is -2.46. The minimum Gasteiger partial charge on any atom is -0.493 e. The van der Waals surface area contributed by atoms with Crippen LogP contribution in [0, 0.1) is 5.82 Å². The van der Waals surface area contributed by atoms with Crippen molar-refractivity contribution in [3.63, 3.8) is 0 Å². The highest BCUT2D eigenvalue weighted by molar-refractivity contribution is 5.97. The number of piperidine rings is 1. The fraction of sp³-hybridized carbons (Fsp3) is 0.462. The smallest absolute Gasteiger partial charge is 0.265 e. The van der Waals surface area contributed by atoms with Gasteiger partial charge < -0.3 is 29.3 Å². The fourth-order valence-corrected chi connectivity index (χ4v) is 4.63. The predicted molar refractivity (Wildman–Crippen MR) is 130 cm³/mol. The molecule has 0 bridgehead atoms. The molecule has 0 unspecified atom stereocenters. The van der Waals surface area contributed by atoms with Gasteiger partial charge in [-0.05, 0) is 55.6 Å². The summed E-state index contributed by atoms with van der Waals surface area (Å²) in [6.45, 7) is 3.09. The Balaban J connectivity index is 1.20. The zero-order chi connectivity index (χ0) is 24.8. The van der Waals surface area contributed by atoms with E-state index in [1.54, 1.807) is 31.3 Å². The van der Waals surface area contributed by atoms with E-state index in [1.807, 2.05) is 12.1 Å². The number of carbonyl (C=O) groups is 2. The first-order valence-corrected chi connectivity index (χ1v) is 11.9. The van der Waals surface area contributed by atoms with Crippen molar-refractivity contribution in [3.05, 3.63) is 47.8 Å². The Morgan fingerprint density at radius 2 is 1.86 bits per heavy atom. The first-order valence-electron chi connectivity index (χ1n) is 11.9. The van der Waals surface area contributed by atoms with Crippen LogP contribution in [0.15, 0.2) is 36.4 Å². The van der Waals surface area contributed by atoms with Gasteiger partial charge in [-0.15, -0.1) is 0 Å². The van der Waals surface area contributed by atoms with Gasteiger partial charge in [0.1, 0.15) is 11.6 Å². The maximum atomic E-state index is 13.7. The maximum absolute atomic E-state index is 13.7. The summed E-state index contributed by atoms with van der Waals surface area (Å²) in [5.41, 5.74) is 1.37. The third-order valence-electron chi connectivity index (χ3n) is 6.49. The number of benzene rings is 2. The second kappa shape index (κ2) is 11.4. The quantitative estimate of drug-likeness (QED) is 0.589. The van der Waals surface area contributed by atoms with Crippen LogP contribution in [0.4, 0.5) is 10.1 Å².